The normalized spacial score (nSPS) is 20.2. The molecule has 0 aromatic heterocycles. The molecule has 0 saturated carbocycles. The zero-order valence-corrected chi connectivity index (χ0v) is 12.8. The first kappa shape index (κ1) is 14.2. The molecule has 0 unspecified atom stereocenters. The van der Waals surface area contributed by atoms with Crippen molar-refractivity contribution in [2.24, 2.45) is 5.92 Å². The number of fused-ring (bicyclic) bond motifs is 2. The summed E-state index contributed by atoms with van der Waals surface area (Å²) in [6.45, 7) is 0. The Kier molecular flexibility index (Phi) is 3.47. The van der Waals surface area contributed by atoms with E-state index in [0.29, 0.717) is 12.0 Å². The quantitative estimate of drug-likeness (QED) is 0.716. The molecule has 2 atom stereocenters. The maximum Gasteiger partial charge on any atom is 0.169 e. The number of aliphatic hydroxyl groups excluding tert-OH is 1. The number of aliphatic hydroxyl groups is 1. The summed E-state index contributed by atoms with van der Waals surface area (Å²) < 4.78 is 0. The van der Waals surface area contributed by atoms with Crippen molar-refractivity contribution < 1.29 is 9.90 Å². The summed E-state index contributed by atoms with van der Waals surface area (Å²) in [5.74, 6) is -0.320. The van der Waals surface area contributed by atoms with Crippen molar-refractivity contribution in [1.82, 2.24) is 0 Å². The fourth-order valence-corrected chi connectivity index (χ4v) is 3.65. The third kappa shape index (κ3) is 2.36. The van der Waals surface area contributed by atoms with Crippen LogP contribution in [-0.2, 0) is 6.42 Å². The lowest BCUT2D eigenvalue weighted by molar-refractivity contribution is 0.0625. The van der Waals surface area contributed by atoms with Crippen LogP contribution in [0.15, 0.2) is 66.7 Å². The van der Waals surface area contributed by atoms with Crippen molar-refractivity contribution in [2.45, 2.75) is 18.9 Å². The second kappa shape index (κ2) is 5.64. The van der Waals surface area contributed by atoms with Gasteiger partial charge in [0.1, 0.15) is 0 Å². The number of carbonyl (C=O) groups excluding carboxylic acids is 1. The molecular weight excluding hydrogens is 284 g/mol. The van der Waals surface area contributed by atoms with Crippen LogP contribution >= 0.6 is 0 Å². The Bertz CT molecular complexity index is 876. The lowest BCUT2D eigenvalue weighted by Gasteiger charge is -2.29. The van der Waals surface area contributed by atoms with E-state index in [4.69, 9.17) is 0 Å². The summed E-state index contributed by atoms with van der Waals surface area (Å²) in [5, 5.41) is 12.7. The van der Waals surface area contributed by atoms with E-state index >= 15 is 0 Å². The standard InChI is InChI=1S/C21H18O2/c22-20-17-10-4-2-7-15(17)12-13-19(20)21(23)18-11-5-8-14-6-1-3-9-16(14)18/h1-11,19-20,22H,12-13H2/t19-,20+/m0/s1. The lowest BCUT2D eigenvalue weighted by Crippen LogP contribution is -2.27. The van der Waals surface area contributed by atoms with Gasteiger partial charge in [-0.2, -0.15) is 0 Å². The van der Waals surface area contributed by atoms with Crippen LogP contribution in [0.3, 0.4) is 0 Å². The van der Waals surface area contributed by atoms with Crippen LogP contribution in [0, 0.1) is 5.92 Å². The molecule has 3 aromatic rings. The number of rotatable bonds is 2. The van der Waals surface area contributed by atoms with Crippen molar-refractivity contribution >= 4 is 16.6 Å². The molecular formula is C21H18O2. The van der Waals surface area contributed by atoms with Crippen LogP contribution in [-0.4, -0.2) is 10.9 Å². The SMILES string of the molecule is O=C(c1cccc2ccccc12)[C@H]1CCc2ccccc2[C@H]1O. The van der Waals surface area contributed by atoms with Crippen LogP contribution in [0.1, 0.15) is 34.0 Å². The summed E-state index contributed by atoms with van der Waals surface area (Å²) in [6, 6.07) is 21.6. The highest BCUT2D eigenvalue weighted by Gasteiger charge is 2.33. The number of benzene rings is 3. The van der Waals surface area contributed by atoms with E-state index in [9.17, 15) is 9.90 Å². The molecule has 114 valence electrons. The summed E-state index contributed by atoms with van der Waals surface area (Å²) in [5.41, 5.74) is 2.77. The molecule has 0 spiro atoms. The van der Waals surface area contributed by atoms with Gasteiger partial charge < -0.3 is 5.11 Å². The molecule has 3 aromatic carbocycles. The number of hydrogen-bond acceptors (Lipinski definition) is 2. The first-order chi connectivity index (χ1) is 11.3. The number of Topliss-reactive ketones (excluding diaryl/α,β-unsaturated/α-hetero) is 1. The van der Waals surface area contributed by atoms with Gasteiger partial charge in [-0.15, -0.1) is 0 Å². The second-order valence-electron chi connectivity index (χ2n) is 6.18. The Morgan fingerprint density at radius 1 is 0.913 bits per heavy atom. The van der Waals surface area contributed by atoms with Gasteiger partial charge in [0.25, 0.3) is 0 Å². The van der Waals surface area contributed by atoms with Crippen molar-refractivity contribution in [2.75, 3.05) is 0 Å². The minimum atomic E-state index is -0.716. The predicted molar refractivity (Wildman–Crippen MR) is 91.5 cm³/mol. The van der Waals surface area contributed by atoms with Gasteiger partial charge in [0.05, 0.1) is 12.0 Å². The second-order valence-corrected chi connectivity index (χ2v) is 6.18. The zero-order valence-electron chi connectivity index (χ0n) is 12.8. The van der Waals surface area contributed by atoms with Gasteiger partial charge in [0.15, 0.2) is 5.78 Å². The Labute approximate surface area is 135 Å². The van der Waals surface area contributed by atoms with E-state index in [0.717, 1.165) is 28.3 Å². The highest BCUT2D eigenvalue weighted by molar-refractivity contribution is 6.09. The number of hydrogen-bond donors (Lipinski definition) is 1. The van der Waals surface area contributed by atoms with Gasteiger partial charge in [-0.05, 0) is 34.7 Å². The maximum atomic E-state index is 13.1. The van der Waals surface area contributed by atoms with Gasteiger partial charge in [-0.3, -0.25) is 4.79 Å². The van der Waals surface area contributed by atoms with E-state index < -0.39 is 6.10 Å². The van der Waals surface area contributed by atoms with E-state index in [1.54, 1.807) is 0 Å². The molecule has 0 saturated heterocycles. The van der Waals surface area contributed by atoms with Crippen LogP contribution in [0.4, 0.5) is 0 Å². The summed E-state index contributed by atoms with van der Waals surface area (Å²) >= 11 is 0. The largest absolute Gasteiger partial charge is 0.388 e. The first-order valence-electron chi connectivity index (χ1n) is 8.03. The first-order valence-corrected chi connectivity index (χ1v) is 8.03. The zero-order chi connectivity index (χ0) is 15.8. The molecule has 0 radical (unpaired) electrons. The van der Waals surface area contributed by atoms with Gasteiger partial charge >= 0.3 is 0 Å². The average Bonchev–Trinajstić information content (AvgIpc) is 2.61. The lowest BCUT2D eigenvalue weighted by atomic mass is 9.77. The van der Waals surface area contributed by atoms with Crippen LogP contribution < -0.4 is 0 Å². The molecule has 1 aliphatic rings. The number of carbonyl (C=O) groups is 1. The summed E-state index contributed by atoms with van der Waals surface area (Å²) in [7, 11) is 0. The summed E-state index contributed by atoms with van der Waals surface area (Å²) in [6.07, 6.45) is 0.820. The molecule has 0 amide bonds. The Morgan fingerprint density at radius 3 is 2.57 bits per heavy atom. The number of ketones is 1. The van der Waals surface area contributed by atoms with Crippen molar-refractivity contribution in [1.29, 1.82) is 0 Å². The van der Waals surface area contributed by atoms with Crippen LogP contribution in [0.25, 0.3) is 10.8 Å². The number of aryl methyl sites for hydroxylation is 1. The Balaban J connectivity index is 1.75. The van der Waals surface area contributed by atoms with E-state index in [2.05, 4.69) is 0 Å². The molecule has 0 bridgehead atoms. The van der Waals surface area contributed by atoms with E-state index in [1.165, 1.54) is 0 Å². The summed E-state index contributed by atoms with van der Waals surface area (Å²) in [4.78, 5) is 13.1. The Morgan fingerprint density at radius 2 is 1.65 bits per heavy atom. The van der Waals surface area contributed by atoms with E-state index in [-0.39, 0.29) is 11.7 Å². The highest BCUT2D eigenvalue weighted by atomic mass is 16.3. The smallest absolute Gasteiger partial charge is 0.169 e. The van der Waals surface area contributed by atoms with Crippen LogP contribution in [0.2, 0.25) is 0 Å². The third-order valence-corrected chi connectivity index (χ3v) is 4.87. The average molecular weight is 302 g/mol. The minimum absolute atomic E-state index is 0.0452. The maximum absolute atomic E-state index is 13.1. The molecule has 2 heteroatoms. The predicted octanol–water partition coefficient (Wildman–Crippen LogP) is 4.32. The fourth-order valence-electron chi connectivity index (χ4n) is 3.65. The van der Waals surface area contributed by atoms with Crippen molar-refractivity contribution in [3.8, 4) is 0 Å². The van der Waals surface area contributed by atoms with Gasteiger partial charge in [0.2, 0.25) is 0 Å². The molecule has 4 rings (SSSR count). The van der Waals surface area contributed by atoms with E-state index in [1.807, 2.05) is 66.7 Å². The van der Waals surface area contributed by atoms with Gasteiger partial charge in [-0.1, -0.05) is 66.7 Å². The fraction of sp³-hybridized carbons (Fsp3) is 0.190. The highest BCUT2D eigenvalue weighted by Crippen LogP contribution is 2.37. The van der Waals surface area contributed by atoms with Gasteiger partial charge in [0, 0.05) is 5.56 Å². The molecule has 0 fully saturated rings. The molecule has 2 nitrogen and oxygen atoms in total. The Hall–Kier alpha value is -2.45. The minimum Gasteiger partial charge on any atom is -0.388 e. The molecule has 0 aliphatic heterocycles. The molecule has 1 aliphatic carbocycles. The topological polar surface area (TPSA) is 37.3 Å². The van der Waals surface area contributed by atoms with Crippen LogP contribution in [0.5, 0.6) is 0 Å². The van der Waals surface area contributed by atoms with Crippen molar-refractivity contribution in [3.05, 3.63) is 83.4 Å². The van der Waals surface area contributed by atoms with Crippen molar-refractivity contribution in [3.63, 3.8) is 0 Å². The monoisotopic (exact) mass is 302 g/mol. The molecule has 1 N–H and O–H groups in total. The van der Waals surface area contributed by atoms with Gasteiger partial charge in [-0.25, -0.2) is 0 Å². The molecule has 0 heterocycles. The molecule has 23 heavy (non-hydrogen) atoms. The third-order valence-electron chi connectivity index (χ3n) is 4.87.